The van der Waals surface area contributed by atoms with Gasteiger partial charge in [0, 0.05) is 31.5 Å². The Balaban J connectivity index is 0.981. The Bertz CT molecular complexity index is 1580. The number of piperidine rings is 3. The van der Waals surface area contributed by atoms with E-state index in [1.165, 1.54) is 70.3 Å². The zero-order valence-electron chi connectivity index (χ0n) is 27.2. The van der Waals surface area contributed by atoms with Crippen molar-refractivity contribution in [3.8, 4) is 11.6 Å². The standard InChI is InChI=1S/C35H46N4O7S/c1-2-3-21-38-25-27-10-8-22-37-23-9-13-30(33(27)37)31(38)14-7-15-32(40)45-28-18-16-26(17-19-28)20-24-44-34-35(39(41)46-36-34)47(42,43)29-11-5-4-6-12-29/h4-6,11-12,16-19,27,30-31,33H,2-3,7-10,13-15,20-25H2,1H3. The summed E-state index contributed by atoms with van der Waals surface area (Å²) in [7, 11) is -4.18. The number of carbonyl (C=O) groups excluding carboxylic acids is 1. The van der Waals surface area contributed by atoms with Gasteiger partial charge >= 0.3 is 16.9 Å². The lowest BCUT2D eigenvalue weighted by molar-refractivity contribution is -0.832. The number of esters is 1. The van der Waals surface area contributed by atoms with E-state index in [-0.39, 0.29) is 22.4 Å². The molecule has 0 aliphatic carbocycles. The summed E-state index contributed by atoms with van der Waals surface area (Å²) in [6.07, 6.45) is 10.4. The fraction of sp³-hybridized carbons (Fsp3) is 0.571. The predicted molar refractivity (Wildman–Crippen MR) is 174 cm³/mol. The topological polar surface area (TPSA) is 129 Å². The van der Waals surface area contributed by atoms with E-state index >= 15 is 0 Å². The van der Waals surface area contributed by atoms with Crippen molar-refractivity contribution in [1.29, 1.82) is 0 Å². The minimum atomic E-state index is -4.18. The molecule has 0 bridgehead atoms. The van der Waals surface area contributed by atoms with Crippen molar-refractivity contribution in [3.05, 3.63) is 65.4 Å². The van der Waals surface area contributed by atoms with E-state index in [9.17, 15) is 18.4 Å². The maximum Gasteiger partial charge on any atom is 0.414 e. The summed E-state index contributed by atoms with van der Waals surface area (Å²) in [5, 5.41) is 14.9. The van der Waals surface area contributed by atoms with Crippen molar-refractivity contribution in [3.63, 3.8) is 0 Å². The summed E-state index contributed by atoms with van der Waals surface area (Å²) in [6, 6.07) is 16.0. The number of nitrogens with zero attached hydrogens (tertiary/aromatic N) is 4. The first-order valence-corrected chi connectivity index (χ1v) is 18.6. The van der Waals surface area contributed by atoms with Crippen LogP contribution in [0.3, 0.4) is 0 Å². The average molecular weight is 667 g/mol. The largest absolute Gasteiger partial charge is 0.454 e. The van der Waals surface area contributed by atoms with Crippen LogP contribution in [0.1, 0.15) is 70.3 Å². The van der Waals surface area contributed by atoms with Crippen LogP contribution in [-0.2, 0) is 21.1 Å². The number of ether oxygens (including phenoxy) is 2. The van der Waals surface area contributed by atoms with E-state index in [1.54, 1.807) is 30.3 Å². The van der Waals surface area contributed by atoms with E-state index in [0.717, 1.165) is 36.9 Å². The van der Waals surface area contributed by atoms with Gasteiger partial charge in [-0.2, -0.15) is 0 Å². The lowest BCUT2D eigenvalue weighted by Crippen LogP contribution is -2.64. The zero-order valence-corrected chi connectivity index (χ0v) is 28.0. The molecule has 0 N–H and O–H groups in total. The molecule has 1 aromatic heterocycles. The quantitative estimate of drug-likeness (QED) is 0.134. The molecule has 3 fully saturated rings. The van der Waals surface area contributed by atoms with Gasteiger partial charge in [0.05, 0.1) is 16.7 Å². The molecule has 0 spiro atoms. The van der Waals surface area contributed by atoms with Crippen LogP contribution in [-0.4, -0.2) is 74.2 Å². The molecule has 6 rings (SSSR count). The van der Waals surface area contributed by atoms with E-state index in [0.29, 0.717) is 30.6 Å². The minimum absolute atomic E-state index is 0.0553. The first-order valence-electron chi connectivity index (χ1n) is 17.2. The average Bonchev–Trinajstić information content (AvgIpc) is 3.46. The summed E-state index contributed by atoms with van der Waals surface area (Å²) in [5.74, 6) is 1.37. The number of hydrogen-bond acceptors (Lipinski definition) is 10. The van der Waals surface area contributed by atoms with Crippen LogP contribution in [0, 0.1) is 17.0 Å². The van der Waals surface area contributed by atoms with E-state index in [1.807, 2.05) is 12.1 Å². The molecule has 0 amide bonds. The second-order valence-corrected chi connectivity index (χ2v) is 15.0. The minimum Gasteiger partial charge on any atom is -0.454 e. The molecule has 4 heterocycles. The highest BCUT2D eigenvalue weighted by atomic mass is 32.2. The van der Waals surface area contributed by atoms with Crippen molar-refractivity contribution < 1.29 is 32.2 Å². The molecule has 3 saturated heterocycles. The van der Waals surface area contributed by atoms with Crippen LogP contribution in [0.4, 0.5) is 0 Å². The van der Waals surface area contributed by atoms with Gasteiger partial charge in [-0.3, -0.25) is 19.2 Å². The Morgan fingerprint density at radius 3 is 2.60 bits per heavy atom. The molecule has 0 radical (unpaired) electrons. The molecule has 4 atom stereocenters. The van der Waals surface area contributed by atoms with Gasteiger partial charge in [0.2, 0.25) is 0 Å². The van der Waals surface area contributed by atoms with Gasteiger partial charge in [0.25, 0.3) is 9.84 Å². The van der Waals surface area contributed by atoms with Gasteiger partial charge in [0.15, 0.2) is 0 Å². The predicted octanol–water partition coefficient (Wildman–Crippen LogP) is 4.81. The molecular formula is C35H46N4O7S. The summed E-state index contributed by atoms with van der Waals surface area (Å²) < 4.78 is 41.6. The molecule has 12 heteroatoms. The Morgan fingerprint density at radius 1 is 1.06 bits per heavy atom. The lowest BCUT2D eigenvalue weighted by atomic mass is 9.69. The Morgan fingerprint density at radius 2 is 1.83 bits per heavy atom. The van der Waals surface area contributed by atoms with Crippen LogP contribution in [0.25, 0.3) is 0 Å². The van der Waals surface area contributed by atoms with Crippen LogP contribution in [0.2, 0.25) is 0 Å². The van der Waals surface area contributed by atoms with Crippen molar-refractivity contribution in [2.24, 2.45) is 11.8 Å². The summed E-state index contributed by atoms with van der Waals surface area (Å²) >= 11 is 0. The monoisotopic (exact) mass is 666 g/mol. The third-order valence-electron chi connectivity index (χ3n) is 10.1. The van der Waals surface area contributed by atoms with Crippen LogP contribution < -0.4 is 14.4 Å². The normalized spacial score (nSPS) is 23.3. The number of carbonyl (C=O) groups is 1. The number of hydrogen-bond donors (Lipinski definition) is 0. The number of sulfone groups is 1. The highest BCUT2D eigenvalue weighted by Crippen LogP contribution is 2.43. The number of likely N-dealkylation sites (tertiary alicyclic amines) is 1. The Hall–Kier alpha value is -3.48. The lowest BCUT2D eigenvalue weighted by Gasteiger charge is -2.57. The maximum absolute atomic E-state index is 12.9. The van der Waals surface area contributed by atoms with Crippen LogP contribution >= 0.6 is 0 Å². The van der Waals surface area contributed by atoms with Gasteiger partial charge < -0.3 is 14.7 Å². The van der Waals surface area contributed by atoms with Gasteiger partial charge in [-0.25, -0.2) is 8.42 Å². The summed E-state index contributed by atoms with van der Waals surface area (Å²) in [4.78, 5) is 18.1. The molecular weight excluding hydrogens is 620 g/mol. The second kappa shape index (κ2) is 15.2. The third kappa shape index (κ3) is 7.65. The van der Waals surface area contributed by atoms with Crippen molar-refractivity contribution in [2.45, 2.75) is 93.1 Å². The van der Waals surface area contributed by atoms with Crippen LogP contribution in [0.5, 0.6) is 11.6 Å². The SMILES string of the molecule is CCCCN1CC2CCCN3CCCC(C1CCCC(=O)Oc1ccc(CCOc4no[n+]([O-])c4S(=O)(=O)c4ccccc4)cc1)C23. The third-order valence-corrected chi connectivity index (χ3v) is 11.8. The molecule has 4 unspecified atom stereocenters. The van der Waals surface area contributed by atoms with Gasteiger partial charge in [-0.15, -0.1) is 0 Å². The molecule has 254 valence electrons. The zero-order chi connectivity index (χ0) is 32.8. The van der Waals surface area contributed by atoms with E-state index in [4.69, 9.17) is 9.47 Å². The van der Waals surface area contributed by atoms with Gasteiger partial charge in [0.1, 0.15) is 5.75 Å². The molecule has 2 aromatic carbocycles. The fourth-order valence-corrected chi connectivity index (χ4v) is 9.26. The van der Waals surface area contributed by atoms with Crippen molar-refractivity contribution in [1.82, 2.24) is 15.0 Å². The van der Waals surface area contributed by atoms with Crippen molar-refractivity contribution >= 4 is 15.8 Å². The Labute approximate surface area is 277 Å². The Kier molecular flexibility index (Phi) is 10.8. The number of benzene rings is 2. The summed E-state index contributed by atoms with van der Waals surface area (Å²) in [5.41, 5.74) is 0.878. The van der Waals surface area contributed by atoms with Crippen LogP contribution in [0.15, 0.2) is 69.1 Å². The fourth-order valence-electron chi connectivity index (χ4n) is 7.97. The van der Waals surface area contributed by atoms with E-state index < -0.39 is 20.7 Å². The number of aromatic nitrogens is 2. The second-order valence-electron chi connectivity index (χ2n) is 13.1. The molecule has 47 heavy (non-hydrogen) atoms. The number of unbranched alkanes of at least 4 members (excludes halogenated alkanes) is 1. The molecule has 3 aromatic rings. The molecule has 3 aliphatic rings. The summed E-state index contributed by atoms with van der Waals surface area (Å²) in [6.45, 7) is 7.19. The first kappa shape index (κ1) is 33.4. The van der Waals surface area contributed by atoms with Gasteiger partial charge in [-0.05, 0) is 111 Å². The molecule has 0 saturated carbocycles. The molecule has 3 aliphatic heterocycles. The highest BCUT2D eigenvalue weighted by Gasteiger charge is 2.48. The maximum atomic E-state index is 12.9. The molecule has 11 nitrogen and oxygen atoms in total. The first-order chi connectivity index (χ1) is 22.8. The van der Waals surface area contributed by atoms with E-state index in [2.05, 4.69) is 26.5 Å². The van der Waals surface area contributed by atoms with Gasteiger partial charge in [-0.1, -0.05) is 43.7 Å². The smallest absolute Gasteiger partial charge is 0.414 e. The highest BCUT2D eigenvalue weighted by molar-refractivity contribution is 7.91. The number of rotatable bonds is 14. The van der Waals surface area contributed by atoms with Crippen molar-refractivity contribution in [2.75, 3.05) is 32.8 Å².